The van der Waals surface area contributed by atoms with Gasteiger partial charge in [-0.1, -0.05) is 42.5 Å². The second-order valence-electron chi connectivity index (χ2n) is 9.31. The van der Waals surface area contributed by atoms with Crippen LogP contribution in [0.25, 0.3) is 11.1 Å². The van der Waals surface area contributed by atoms with Gasteiger partial charge in [0.25, 0.3) is 0 Å². The number of ether oxygens (including phenoxy) is 1. The summed E-state index contributed by atoms with van der Waals surface area (Å²) in [6.07, 6.45) is 2.56. The maximum absolute atomic E-state index is 13.4. The summed E-state index contributed by atoms with van der Waals surface area (Å²) in [6, 6.07) is 23.7. The van der Waals surface area contributed by atoms with Crippen LogP contribution in [0.5, 0.6) is 5.75 Å². The lowest BCUT2D eigenvalue weighted by molar-refractivity contribution is -0.137. The Labute approximate surface area is 204 Å². The molecule has 6 heteroatoms. The summed E-state index contributed by atoms with van der Waals surface area (Å²) in [7, 11) is 0. The number of hydrogen-bond donors (Lipinski definition) is 2. The second-order valence-corrected chi connectivity index (χ2v) is 9.31. The number of aryl methyl sites for hydroxylation is 1. The van der Waals surface area contributed by atoms with Gasteiger partial charge in [-0.25, -0.2) is 0 Å². The third-order valence-electron chi connectivity index (χ3n) is 7.15. The Morgan fingerprint density at radius 2 is 1.91 bits per heavy atom. The molecular formula is C29H26N2O4. The van der Waals surface area contributed by atoms with E-state index in [2.05, 4.69) is 35.7 Å². The van der Waals surface area contributed by atoms with Crippen LogP contribution < -0.4 is 10.1 Å². The first-order valence-corrected chi connectivity index (χ1v) is 11.9. The molecule has 1 amide bonds. The number of carbonyl (C=O) groups is 2. The van der Waals surface area contributed by atoms with E-state index in [4.69, 9.17) is 9.84 Å². The summed E-state index contributed by atoms with van der Waals surface area (Å²) in [4.78, 5) is 24.3. The van der Waals surface area contributed by atoms with Crippen LogP contribution in [-0.4, -0.2) is 23.6 Å². The maximum Gasteiger partial charge on any atom is 0.303 e. The van der Waals surface area contributed by atoms with Gasteiger partial charge in [-0.05, 0) is 66.6 Å². The van der Waals surface area contributed by atoms with Gasteiger partial charge in [-0.15, -0.1) is 0 Å². The Balaban J connectivity index is 1.38. The molecular weight excluding hydrogens is 440 g/mol. The van der Waals surface area contributed by atoms with Crippen molar-refractivity contribution in [2.75, 3.05) is 11.9 Å². The average molecular weight is 467 g/mol. The van der Waals surface area contributed by atoms with E-state index in [1.165, 1.54) is 0 Å². The zero-order valence-electron chi connectivity index (χ0n) is 19.3. The van der Waals surface area contributed by atoms with E-state index < -0.39 is 5.97 Å². The van der Waals surface area contributed by atoms with Crippen molar-refractivity contribution >= 4 is 17.6 Å². The van der Waals surface area contributed by atoms with Gasteiger partial charge in [0.1, 0.15) is 5.75 Å². The Morgan fingerprint density at radius 1 is 1.09 bits per heavy atom. The van der Waals surface area contributed by atoms with Crippen molar-refractivity contribution in [2.24, 2.45) is 5.92 Å². The van der Waals surface area contributed by atoms with E-state index in [-0.39, 0.29) is 23.7 Å². The van der Waals surface area contributed by atoms with Crippen LogP contribution >= 0.6 is 0 Å². The highest BCUT2D eigenvalue weighted by molar-refractivity contribution is 5.97. The van der Waals surface area contributed by atoms with E-state index >= 15 is 0 Å². The van der Waals surface area contributed by atoms with Gasteiger partial charge in [0.15, 0.2) is 0 Å². The molecule has 3 aromatic rings. The lowest BCUT2D eigenvalue weighted by Crippen LogP contribution is -2.27. The van der Waals surface area contributed by atoms with Gasteiger partial charge in [0, 0.05) is 29.0 Å². The minimum atomic E-state index is -0.850. The number of aliphatic carboxylic acids is 1. The van der Waals surface area contributed by atoms with Crippen molar-refractivity contribution in [3.63, 3.8) is 0 Å². The van der Waals surface area contributed by atoms with Crippen molar-refractivity contribution in [2.45, 2.75) is 37.5 Å². The molecule has 0 unspecified atom stereocenters. The molecule has 2 aliphatic rings. The molecule has 176 valence electrons. The van der Waals surface area contributed by atoms with E-state index in [0.29, 0.717) is 30.7 Å². The Hall–Kier alpha value is -4.11. The molecule has 1 heterocycles. The summed E-state index contributed by atoms with van der Waals surface area (Å²) in [5.41, 5.74) is 4.94. The number of nitriles is 1. The molecule has 0 aromatic heterocycles. The quantitative estimate of drug-likeness (QED) is 0.491. The van der Waals surface area contributed by atoms with Crippen LogP contribution in [0.4, 0.5) is 5.69 Å². The molecule has 1 fully saturated rings. The third kappa shape index (κ3) is 4.50. The van der Waals surface area contributed by atoms with E-state index in [1.54, 1.807) is 18.2 Å². The fourth-order valence-electron chi connectivity index (χ4n) is 5.19. The van der Waals surface area contributed by atoms with Crippen molar-refractivity contribution in [1.82, 2.24) is 0 Å². The molecule has 1 aliphatic heterocycles. The molecule has 0 radical (unpaired) electrons. The summed E-state index contributed by atoms with van der Waals surface area (Å²) in [5, 5.41) is 21.3. The SMILES string of the molecule is N#Cc1ccc(CCCC(=O)O)c(NC(=O)[C@@H]2C[C@]23CCOc2ccc(-c4ccccc4)cc23)c1. The zero-order valence-corrected chi connectivity index (χ0v) is 19.3. The largest absolute Gasteiger partial charge is 0.493 e. The highest BCUT2D eigenvalue weighted by Gasteiger charge is 2.61. The summed E-state index contributed by atoms with van der Waals surface area (Å²) in [5.74, 6) is -0.268. The molecule has 2 atom stereocenters. The highest BCUT2D eigenvalue weighted by atomic mass is 16.5. The number of rotatable bonds is 7. The minimum Gasteiger partial charge on any atom is -0.493 e. The summed E-state index contributed by atoms with van der Waals surface area (Å²) in [6.45, 7) is 0.575. The molecule has 1 aliphatic carbocycles. The van der Waals surface area contributed by atoms with Crippen LogP contribution in [-0.2, 0) is 21.4 Å². The van der Waals surface area contributed by atoms with Crippen LogP contribution in [0.3, 0.4) is 0 Å². The molecule has 0 saturated heterocycles. The average Bonchev–Trinajstić information content (AvgIpc) is 3.60. The van der Waals surface area contributed by atoms with Gasteiger partial charge in [-0.3, -0.25) is 9.59 Å². The number of carboxylic acid groups (broad SMARTS) is 1. The van der Waals surface area contributed by atoms with Crippen LogP contribution in [0.15, 0.2) is 66.7 Å². The lowest BCUT2D eigenvalue weighted by atomic mass is 9.85. The van der Waals surface area contributed by atoms with Crippen LogP contribution in [0, 0.1) is 17.2 Å². The van der Waals surface area contributed by atoms with Gasteiger partial charge in [0.2, 0.25) is 5.91 Å². The number of anilines is 1. The van der Waals surface area contributed by atoms with E-state index in [9.17, 15) is 14.9 Å². The first-order chi connectivity index (χ1) is 17.0. The lowest BCUT2D eigenvalue weighted by Gasteiger charge is -2.27. The smallest absolute Gasteiger partial charge is 0.303 e. The molecule has 3 aromatic carbocycles. The van der Waals surface area contributed by atoms with Gasteiger partial charge in [-0.2, -0.15) is 5.26 Å². The number of fused-ring (bicyclic) bond motifs is 2. The predicted octanol–water partition coefficient (Wildman–Crippen LogP) is 5.31. The number of nitrogens with zero attached hydrogens (tertiary/aromatic N) is 1. The maximum atomic E-state index is 13.4. The topological polar surface area (TPSA) is 99.4 Å². The Morgan fingerprint density at radius 3 is 2.69 bits per heavy atom. The van der Waals surface area contributed by atoms with Crippen molar-refractivity contribution in [3.05, 3.63) is 83.4 Å². The monoisotopic (exact) mass is 466 g/mol. The first-order valence-electron chi connectivity index (χ1n) is 11.9. The van der Waals surface area contributed by atoms with Crippen LogP contribution in [0.2, 0.25) is 0 Å². The van der Waals surface area contributed by atoms with Gasteiger partial charge in [0.05, 0.1) is 18.2 Å². The normalized spacial score (nSPS) is 19.8. The Kier molecular flexibility index (Phi) is 6.00. The fraction of sp³-hybridized carbons (Fsp3) is 0.276. The van der Waals surface area contributed by atoms with E-state index in [1.807, 2.05) is 24.3 Å². The molecule has 0 bridgehead atoms. The van der Waals surface area contributed by atoms with Crippen molar-refractivity contribution in [3.8, 4) is 22.9 Å². The van der Waals surface area contributed by atoms with Gasteiger partial charge >= 0.3 is 5.97 Å². The molecule has 2 N–H and O–H groups in total. The summed E-state index contributed by atoms with van der Waals surface area (Å²) < 4.78 is 5.93. The molecule has 1 spiro atoms. The minimum absolute atomic E-state index is 0.0552. The number of benzene rings is 3. The van der Waals surface area contributed by atoms with Gasteiger partial charge < -0.3 is 15.2 Å². The second kappa shape index (κ2) is 9.27. The first kappa shape index (κ1) is 22.7. The summed E-state index contributed by atoms with van der Waals surface area (Å²) >= 11 is 0. The standard InChI is InChI=1S/C29H26N2O4/c30-18-19-9-10-21(7-4-8-27(32)33)25(15-19)31-28(34)24-17-29(24)13-14-35-26-12-11-22(16-23(26)29)20-5-2-1-3-6-20/h1-3,5-6,9-12,15-16,24H,4,7-8,13-14,17H2,(H,31,34)(H,32,33)/t24-,29-/m0/s1. The number of amides is 1. The fourth-order valence-corrected chi connectivity index (χ4v) is 5.19. The molecule has 6 nitrogen and oxygen atoms in total. The molecule has 1 saturated carbocycles. The number of carboxylic acids is 1. The number of hydrogen-bond acceptors (Lipinski definition) is 4. The highest BCUT2D eigenvalue weighted by Crippen LogP contribution is 2.61. The molecule has 5 rings (SSSR count). The number of nitrogens with one attached hydrogen (secondary N) is 1. The predicted molar refractivity (Wildman–Crippen MR) is 132 cm³/mol. The van der Waals surface area contributed by atoms with E-state index in [0.717, 1.165) is 40.8 Å². The zero-order chi connectivity index (χ0) is 24.4. The van der Waals surface area contributed by atoms with Crippen molar-refractivity contribution in [1.29, 1.82) is 5.26 Å². The van der Waals surface area contributed by atoms with Crippen molar-refractivity contribution < 1.29 is 19.4 Å². The Bertz CT molecular complexity index is 1330. The third-order valence-corrected chi connectivity index (χ3v) is 7.15. The number of carbonyl (C=O) groups excluding carboxylic acids is 1. The molecule has 35 heavy (non-hydrogen) atoms. The van der Waals surface area contributed by atoms with Crippen LogP contribution in [0.1, 0.15) is 42.4 Å².